The lowest BCUT2D eigenvalue weighted by molar-refractivity contribution is -0.129. The maximum Gasteiger partial charge on any atom is 0.233 e. The van der Waals surface area contributed by atoms with Crippen molar-refractivity contribution in [1.29, 1.82) is 0 Å². The Morgan fingerprint density at radius 3 is 2.45 bits per heavy atom. The van der Waals surface area contributed by atoms with Crippen molar-refractivity contribution in [3.05, 3.63) is 18.3 Å². The average molecular weight is 326 g/mol. The predicted molar refractivity (Wildman–Crippen MR) is 86.4 cm³/mol. The van der Waals surface area contributed by atoms with E-state index in [2.05, 4.69) is 14.6 Å². The molecule has 8 heteroatoms. The minimum atomic E-state index is -3.31. The fourth-order valence-electron chi connectivity index (χ4n) is 2.39. The van der Waals surface area contributed by atoms with E-state index in [0.717, 1.165) is 18.8 Å². The number of rotatable bonds is 5. The molecule has 0 aromatic carbocycles. The first kappa shape index (κ1) is 16.5. The molecule has 1 saturated heterocycles. The Balaban J connectivity index is 1.97. The van der Waals surface area contributed by atoms with Gasteiger partial charge in [-0.3, -0.25) is 9.52 Å². The molecule has 0 atom stereocenters. The van der Waals surface area contributed by atoms with E-state index in [0.29, 0.717) is 25.3 Å². The maximum atomic E-state index is 11.7. The third-order valence-corrected chi connectivity index (χ3v) is 5.04. The topological polar surface area (TPSA) is 82.6 Å². The molecule has 2 heterocycles. The summed E-state index contributed by atoms with van der Waals surface area (Å²) in [5.41, 5.74) is 0.932. The molecular formula is C14H22N4O3S. The number of piperazine rings is 1. The summed E-state index contributed by atoms with van der Waals surface area (Å²) in [5, 5.41) is 0. The molecule has 122 valence electrons. The SMILES string of the molecule is CCCS(=O)(=O)Nc1ccc(N2CCN(C(C)=O)CC2)cn1. The lowest BCUT2D eigenvalue weighted by Crippen LogP contribution is -2.48. The van der Waals surface area contributed by atoms with Gasteiger partial charge in [-0.25, -0.2) is 13.4 Å². The van der Waals surface area contributed by atoms with Gasteiger partial charge in [0.15, 0.2) is 0 Å². The highest BCUT2D eigenvalue weighted by molar-refractivity contribution is 7.92. The van der Waals surface area contributed by atoms with Gasteiger partial charge in [-0.15, -0.1) is 0 Å². The van der Waals surface area contributed by atoms with E-state index in [1.165, 1.54) is 0 Å². The Morgan fingerprint density at radius 2 is 1.95 bits per heavy atom. The van der Waals surface area contributed by atoms with Crippen molar-refractivity contribution in [3.63, 3.8) is 0 Å². The van der Waals surface area contributed by atoms with Gasteiger partial charge in [-0.1, -0.05) is 6.92 Å². The summed E-state index contributed by atoms with van der Waals surface area (Å²) >= 11 is 0. The van der Waals surface area contributed by atoms with Crippen LogP contribution in [0.25, 0.3) is 0 Å². The van der Waals surface area contributed by atoms with Crippen LogP contribution in [-0.2, 0) is 14.8 Å². The molecular weight excluding hydrogens is 304 g/mol. The van der Waals surface area contributed by atoms with Crippen molar-refractivity contribution in [1.82, 2.24) is 9.88 Å². The van der Waals surface area contributed by atoms with Crippen LogP contribution in [0.2, 0.25) is 0 Å². The quantitative estimate of drug-likeness (QED) is 0.869. The van der Waals surface area contributed by atoms with E-state index in [1.54, 1.807) is 19.2 Å². The smallest absolute Gasteiger partial charge is 0.233 e. The average Bonchev–Trinajstić information content (AvgIpc) is 2.47. The largest absolute Gasteiger partial charge is 0.367 e. The molecule has 1 amide bonds. The molecule has 1 N–H and O–H groups in total. The van der Waals surface area contributed by atoms with Crippen LogP contribution in [-0.4, -0.2) is 56.1 Å². The summed E-state index contributed by atoms with van der Waals surface area (Å²) in [4.78, 5) is 19.4. The van der Waals surface area contributed by atoms with Crippen LogP contribution in [0.5, 0.6) is 0 Å². The third-order valence-electron chi connectivity index (χ3n) is 3.57. The zero-order chi connectivity index (χ0) is 16.2. The van der Waals surface area contributed by atoms with Crippen LogP contribution in [0.4, 0.5) is 11.5 Å². The number of aromatic nitrogens is 1. The second-order valence-electron chi connectivity index (χ2n) is 5.32. The second-order valence-corrected chi connectivity index (χ2v) is 7.16. The van der Waals surface area contributed by atoms with E-state index < -0.39 is 10.0 Å². The van der Waals surface area contributed by atoms with E-state index >= 15 is 0 Å². The maximum absolute atomic E-state index is 11.7. The van der Waals surface area contributed by atoms with Crippen LogP contribution in [0.15, 0.2) is 18.3 Å². The summed E-state index contributed by atoms with van der Waals surface area (Å²) in [6.45, 7) is 6.29. The van der Waals surface area contributed by atoms with Crippen molar-refractivity contribution in [3.8, 4) is 0 Å². The van der Waals surface area contributed by atoms with Gasteiger partial charge in [-0.2, -0.15) is 0 Å². The van der Waals surface area contributed by atoms with Crippen LogP contribution in [0.3, 0.4) is 0 Å². The van der Waals surface area contributed by atoms with Crippen LogP contribution in [0, 0.1) is 0 Å². The van der Waals surface area contributed by atoms with Crippen LogP contribution in [0.1, 0.15) is 20.3 Å². The van der Waals surface area contributed by atoms with Crippen molar-refractivity contribution < 1.29 is 13.2 Å². The first-order chi connectivity index (χ1) is 10.4. The fraction of sp³-hybridized carbons (Fsp3) is 0.571. The lowest BCUT2D eigenvalue weighted by Gasteiger charge is -2.35. The summed E-state index contributed by atoms with van der Waals surface area (Å²) in [7, 11) is -3.31. The molecule has 0 radical (unpaired) electrons. The Morgan fingerprint density at radius 1 is 1.27 bits per heavy atom. The number of nitrogens with one attached hydrogen (secondary N) is 1. The number of carbonyl (C=O) groups excluding carboxylic acids is 1. The van der Waals surface area contributed by atoms with E-state index in [4.69, 9.17) is 0 Å². The first-order valence-corrected chi connectivity index (χ1v) is 9.03. The monoisotopic (exact) mass is 326 g/mol. The molecule has 0 spiro atoms. The Hall–Kier alpha value is -1.83. The number of sulfonamides is 1. The Kier molecular flexibility index (Phi) is 5.23. The number of anilines is 2. The summed E-state index contributed by atoms with van der Waals surface area (Å²) in [6.07, 6.45) is 2.22. The minimum Gasteiger partial charge on any atom is -0.367 e. The summed E-state index contributed by atoms with van der Waals surface area (Å²) in [5.74, 6) is 0.515. The lowest BCUT2D eigenvalue weighted by atomic mass is 10.2. The van der Waals surface area contributed by atoms with Crippen molar-refractivity contribution in [2.24, 2.45) is 0 Å². The fourth-order valence-corrected chi connectivity index (χ4v) is 3.47. The number of nitrogens with zero attached hydrogens (tertiary/aromatic N) is 3. The summed E-state index contributed by atoms with van der Waals surface area (Å²) < 4.78 is 25.8. The highest BCUT2D eigenvalue weighted by Crippen LogP contribution is 2.18. The molecule has 0 aliphatic carbocycles. The molecule has 1 aromatic rings. The normalized spacial score (nSPS) is 15.7. The molecule has 1 aromatic heterocycles. The number of amides is 1. The van der Waals surface area contributed by atoms with Crippen molar-refractivity contribution in [2.45, 2.75) is 20.3 Å². The second kappa shape index (κ2) is 6.95. The molecule has 1 fully saturated rings. The molecule has 1 aliphatic heterocycles. The Bertz CT molecular complexity index is 607. The van der Waals surface area contributed by atoms with Crippen molar-refractivity contribution >= 4 is 27.4 Å². The predicted octanol–water partition coefficient (Wildman–Crippen LogP) is 0.902. The van der Waals surface area contributed by atoms with Gasteiger partial charge in [0.2, 0.25) is 15.9 Å². The molecule has 2 rings (SSSR count). The molecule has 22 heavy (non-hydrogen) atoms. The van der Waals surface area contributed by atoms with Gasteiger partial charge in [0.1, 0.15) is 5.82 Å². The van der Waals surface area contributed by atoms with Gasteiger partial charge >= 0.3 is 0 Å². The number of hydrogen-bond donors (Lipinski definition) is 1. The van der Waals surface area contributed by atoms with Crippen LogP contribution >= 0.6 is 0 Å². The van der Waals surface area contributed by atoms with E-state index in [9.17, 15) is 13.2 Å². The van der Waals surface area contributed by atoms with Crippen molar-refractivity contribution in [2.75, 3.05) is 41.6 Å². The standard InChI is InChI=1S/C14H22N4O3S/c1-3-10-22(20,21)16-14-5-4-13(11-15-14)18-8-6-17(7-9-18)12(2)19/h4-5,11H,3,6-10H2,1-2H3,(H,15,16). The number of hydrogen-bond acceptors (Lipinski definition) is 5. The molecule has 1 aliphatic rings. The molecule has 7 nitrogen and oxygen atoms in total. The van der Waals surface area contributed by atoms with Gasteiger partial charge in [0.25, 0.3) is 0 Å². The zero-order valence-electron chi connectivity index (χ0n) is 12.9. The van der Waals surface area contributed by atoms with Gasteiger partial charge in [0, 0.05) is 33.1 Å². The van der Waals surface area contributed by atoms with Gasteiger partial charge < -0.3 is 9.80 Å². The molecule has 0 bridgehead atoms. The zero-order valence-corrected chi connectivity index (χ0v) is 13.8. The number of pyridine rings is 1. The first-order valence-electron chi connectivity index (χ1n) is 7.38. The van der Waals surface area contributed by atoms with E-state index in [1.807, 2.05) is 17.9 Å². The van der Waals surface area contributed by atoms with E-state index in [-0.39, 0.29) is 11.7 Å². The summed E-state index contributed by atoms with van der Waals surface area (Å²) in [6, 6.07) is 3.51. The minimum absolute atomic E-state index is 0.0867. The van der Waals surface area contributed by atoms with Gasteiger partial charge in [-0.05, 0) is 18.6 Å². The highest BCUT2D eigenvalue weighted by atomic mass is 32.2. The highest BCUT2D eigenvalue weighted by Gasteiger charge is 2.19. The third kappa shape index (κ3) is 4.33. The number of carbonyl (C=O) groups is 1. The van der Waals surface area contributed by atoms with Gasteiger partial charge in [0.05, 0.1) is 17.6 Å². The molecule has 0 saturated carbocycles. The molecule has 0 unspecified atom stereocenters. The Labute approximate surface area is 131 Å². The van der Waals surface area contributed by atoms with Crippen LogP contribution < -0.4 is 9.62 Å².